The minimum atomic E-state index is 0.759. The second-order valence-corrected chi connectivity index (χ2v) is 5.74. The lowest BCUT2D eigenvalue weighted by Crippen LogP contribution is -2.35. The first-order chi connectivity index (χ1) is 9.34. The van der Waals surface area contributed by atoms with E-state index in [9.17, 15) is 0 Å². The normalized spacial score (nSPS) is 17.6. The molecule has 0 spiro atoms. The van der Waals surface area contributed by atoms with Crippen LogP contribution < -0.4 is 5.32 Å². The average Bonchev–Trinajstić information content (AvgIpc) is 2.68. The van der Waals surface area contributed by atoms with Gasteiger partial charge in [-0.25, -0.2) is 0 Å². The van der Waals surface area contributed by atoms with Gasteiger partial charge in [-0.15, -0.1) is 0 Å². The van der Waals surface area contributed by atoms with Crippen LogP contribution in [0.3, 0.4) is 0 Å². The highest BCUT2D eigenvalue weighted by Crippen LogP contribution is 2.16. The number of rotatable bonds is 6. The quantitative estimate of drug-likeness (QED) is 0.798. The molecule has 3 heteroatoms. The summed E-state index contributed by atoms with van der Waals surface area (Å²) in [5.74, 6) is 0. The van der Waals surface area contributed by atoms with E-state index in [-0.39, 0.29) is 0 Å². The zero-order chi connectivity index (χ0) is 13.3. The molecular formula is C16H27N3. The van der Waals surface area contributed by atoms with Gasteiger partial charge in [0, 0.05) is 38.1 Å². The van der Waals surface area contributed by atoms with Crippen LogP contribution in [0.15, 0.2) is 24.5 Å². The number of pyridine rings is 1. The van der Waals surface area contributed by atoms with Gasteiger partial charge in [0.2, 0.25) is 0 Å². The molecule has 1 aromatic rings. The van der Waals surface area contributed by atoms with Crippen LogP contribution in [-0.4, -0.2) is 36.1 Å². The number of nitrogens with zero attached hydrogens (tertiary/aromatic N) is 2. The minimum absolute atomic E-state index is 0.759. The highest BCUT2D eigenvalue weighted by atomic mass is 15.1. The van der Waals surface area contributed by atoms with E-state index in [0.29, 0.717) is 0 Å². The Morgan fingerprint density at radius 3 is 2.74 bits per heavy atom. The Morgan fingerprint density at radius 1 is 1.26 bits per heavy atom. The zero-order valence-electron chi connectivity index (χ0n) is 12.1. The summed E-state index contributed by atoms with van der Waals surface area (Å²) in [6, 6.07) is 4.91. The molecule has 1 aliphatic rings. The molecule has 19 heavy (non-hydrogen) atoms. The van der Waals surface area contributed by atoms with Gasteiger partial charge in [0.05, 0.1) is 0 Å². The van der Waals surface area contributed by atoms with Crippen LogP contribution in [-0.2, 0) is 6.54 Å². The molecule has 1 aromatic heterocycles. The topological polar surface area (TPSA) is 28.2 Å². The van der Waals surface area contributed by atoms with Crippen LogP contribution in [0.1, 0.15) is 44.1 Å². The molecule has 0 radical (unpaired) electrons. The molecule has 1 fully saturated rings. The summed E-state index contributed by atoms with van der Waals surface area (Å²) in [6.45, 7) is 3.19. The van der Waals surface area contributed by atoms with Crippen LogP contribution in [0.5, 0.6) is 0 Å². The highest BCUT2D eigenvalue weighted by Gasteiger charge is 2.11. The molecule has 1 N–H and O–H groups in total. The van der Waals surface area contributed by atoms with Crippen molar-refractivity contribution in [2.75, 3.05) is 20.1 Å². The number of hydrogen-bond acceptors (Lipinski definition) is 3. The van der Waals surface area contributed by atoms with Crippen LogP contribution in [0.25, 0.3) is 0 Å². The molecule has 3 nitrogen and oxygen atoms in total. The van der Waals surface area contributed by atoms with E-state index in [1.165, 1.54) is 44.1 Å². The standard InChI is InChI=1S/C16H27N3/c1-19(14-15-7-6-10-17-13-15)12-11-18-16-8-4-2-3-5-9-16/h6-7,10,13,16,18H,2-5,8-9,11-12,14H2,1H3. The van der Waals surface area contributed by atoms with Gasteiger partial charge >= 0.3 is 0 Å². The van der Waals surface area contributed by atoms with Crippen molar-refractivity contribution in [2.45, 2.75) is 51.1 Å². The molecule has 0 bridgehead atoms. The molecule has 0 saturated heterocycles. The highest BCUT2D eigenvalue weighted by molar-refractivity contribution is 5.07. The maximum atomic E-state index is 4.16. The lowest BCUT2D eigenvalue weighted by Gasteiger charge is -2.20. The summed E-state index contributed by atoms with van der Waals surface area (Å²) >= 11 is 0. The number of likely N-dealkylation sites (N-methyl/N-ethyl adjacent to an activating group) is 1. The van der Waals surface area contributed by atoms with Gasteiger partial charge in [0.25, 0.3) is 0 Å². The van der Waals surface area contributed by atoms with Crippen molar-refractivity contribution in [3.05, 3.63) is 30.1 Å². The van der Waals surface area contributed by atoms with Crippen LogP contribution in [0.4, 0.5) is 0 Å². The Balaban J connectivity index is 1.62. The monoisotopic (exact) mass is 261 g/mol. The summed E-state index contributed by atoms with van der Waals surface area (Å²) in [7, 11) is 2.18. The second kappa shape index (κ2) is 8.28. The van der Waals surface area contributed by atoms with Gasteiger partial charge in [0.1, 0.15) is 0 Å². The Labute approximate surface area is 117 Å². The molecule has 0 atom stereocenters. The van der Waals surface area contributed by atoms with Gasteiger partial charge in [-0.3, -0.25) is 4.98 Å². The summed E-state index contributed by atoms with van der Waals surface area (Å²) in [5.41, 5.74) is 1.29. The van der Waals surface area contributed by atoms with Crippen LogP contribution in [0.2, 0.25) is 0 Å². The fraction of sp³-hybridized carbons (Fsp3) is 0.688. The summed E-state index contributed by atoms with van der Waals surface area (Å²) < 4.78 is 0. The Hall–Kier alpha value is -0.930. The van der Waals surface area contributed by atoms with E-state index in [1.807, 2.05) is 18.5 Å². The first-order valence-electron chi connectivity index (χ1n) is 7.65. The maximum absolute atomic E-state index is 4.16. The molecule has 0 aliphatic heterocycles. The zero-order valence-corrected chi connectivity index (χ0v) is 12.1. The van der Waals surface area contributed by atoms with Crippen molar-refractivity contribution in [3.63, 3.8) is 0 Å². The van der Waals surface area contributed by atoms with E-state index in [4.69, 9.17) is 0 Å². The molecule has 1 saturated carbocycles. The third-order valence-corrected chi connectivity index (χ3v) is 3.96. The fourth-order valence-electron chi connectivity index (χ4n) is 2.83. The van der Waals surface area contributed by atoms with Gasteiger partial charge in [0.15, 0.2) is 0 Å². The average molecular weight is 261 g/mol. The third-order valence-electron chi connectivity index (χ3n) is 3.96. The smallest absolute Gasteiger partial charge is 0.0312 e. The molecule has 1 aliphatic carbocycles. The molecule has 0 unspecified atom stereocenters. The van der Waals surface area contributed by atoms with Gasteiger partial charge < -0.3 is 10.2 Å². The fourth-order valence-corrected chi connectivity index (χ4v) is 2.83. The first kappa shape index (κ1) is 14.5. The van der Waals surface area contributed by atoms with E-state index >= 15 is 0 Å². The van der Waals surface area contributed by atoms with Crippen LogP contribution >= 0.6 is 0 Å². The number of aromatic nitrogens is 1. The lowest BCUT2D eigenvalue weighted by molar-refractivity contribution is 0.312. The van der Waals surface area contributed by atoms with Crippen molar-refractivity contribution in [1.29, 1.82) is 0 Å². The van der Waals surface area contributed by atoms with Crippen molar-refractivity contribution >= 4 is 0 Å². The summed E-state index contributed by atoms with van der Waals surface area (Å²) in [5, 5.41) is 3.72. The Kier molecular flexibility index (Phi) is 6.31. The molecule has 1 heterocycles. The number of hydrogen-bond donors (Lipinski definition) is 1. The van der Waals surface area contributed by atoms with E-state index < -0.39 is 0 Å². The van der Waals surface area contributed by atoms with Crippen molar-refractivity contribution in [2.24, 2.45) is 0 Å². The second-order valence-electron chi connectivity index (χ2n) is 5.74. The largest absolute Gasteiger partial charge is 0.313 e. The van der Waals surface area contributed by atoms with Crippen molar-refractivity contribution in [1.82, 2.24) is 15.2 Å². The SMILES string of the molecule is CN(CCNC1CCCCCC1)Cc1cccnc1. The molecule has 2 rings (SSSR count). The van der Waals surface area contributed by atoms with E-state index in [0.717, 1.165) is 25.7 Å². The molecule has 106 valence electrons. The molecule has 0 amide bonds. The lowest BCUT2D eigenvalue weighted by atomic mass is 10.1. The van der Waals surface area contributed by atoms with E-state index in [2.05, 4.69) is 28.3 Å². The first-order valence-corrected chi connectivity index (χ1v) is 7.65. The van der Waals surface area contributed by atoms with Crippen LogP contribution in [0, 0.1) is 0 Å². The molecular weight excluding hydrogens is 234 g/mol. The summed E-state index contributed by atoms with van der Waals surface area (Å²) in [4.78, 5) is 6.52. The predicted octanol–water partition coefficient (Wildman–Crippen LogP) is 2.83. The summed E-state index contributed by atoms with van der Waals surface area (Å²) in [6.07, 6.45) is 12.2. The number of nitrogens with one attached hydrogen (secondary N) is 1. The third kappa shape index (κ3) is 5.70. The minimum Gasteiger partial charge on any atom is -0.313 e. The Morgan fingerprint density at radius 2 is 2.05 bits per heavy atom. The predicted molar refractivity (Wildman–Crippen MR) is 80.1 cm³/mol. The van der Waals surface area contributed by atoms with Gasteiger partial charge in [-0.1, -0.05) is 31.7 Å². The maximum Gasteiger partial charge on any atom is 0.0312 e. The van der Waals surface area contributed by atoms with Crippen molar-refractivity contribution < 1.29 is 0 Å². The Bertz CT molecular complexity index is 331. The van der Waals surface area contributed by atoms with Crippen molar-refractivity contribution in [3.8, 4) is 0 Å². The molecule has 0 aromatic carbocycles. The van der Waals surface area contributed by atoms with Gasteiger partial charge in [-0.2, -0.15) is 0 Å². The van der Waals surface area contributed by atoms with Gasteiger partial charge in [-0.05, 0) is 31.5 Å². The van der Waals surface area contributed by atoms with E-state index in [1.54, 1.807) is 0 Å².